The zero-order valence-electron chi connectivity index (χ0n) is 12.5. The van der Waals surface area contributed by atoms with Gasteiger partial charge < -0.3 is 5.32 Å². The monoisotopic (exact) mass is 277 g/mol. The highest BCUT2D eigenvalue weighted by molar-refractivity contribution is 7.99. The zero-order valence-corrected chi connectivity index (χ0v) is 13.3. The lowest BCUT2D eigenvalue weighted by atomic mass is 10.0. The number of hydrogen-bond acceptors (Lipinski definition) is 2. The van der Waals surface area contributed by atoms with Crippen LogP contribution < -0.4 is 5.32 Å². The van der Waals surface area contributed by atoms with Crippen LogP contribution in [0.15, 0.2) is 29.2 Å². The van der Waals surface area contributed by atoms with E-state index < -0.39 is 0 Å². The maximum atomic E-state index is 3.71. The van der Waals surface area contributed by atoms with Crippen molar-refractivity contribution >= 4 is 11.8 Å². The summed E-state index contributed by atoms with van der Waals surface area (Å²) in [6, 6.07) is 9.83. The Bertz CT molecular complexity index is 367. The molecule has 0 aromatic heterocycles. The molecule has 2 heteroatoms. The van der Waals surface area contributed by atoms with Crippen LogP contribution in [0, 0.1) is 5.92 Å². The number of thioether (sulfide) groups is 1. The molecule has 0 aliphatic heterocycles. The second-order valence-corrected chi connectivity index (χ2v) is 7.03. The van der Waals surface area contributed by atoms with Crippen molar-refractivity contribution < 1.29 is 0 Å². The topological polar surface area (TPSA) is 12.0 Å². The number of hydrogen-bond donors (Lipinski definition) is 1. The van der Waals surface area contributed by atoms with Gasteiger partial charge in [0.05, 0.1) is 0 Å². The summed E-state index contributed by atoms with van der Waals surface area (Å²) in [7, 11) is 0. The highest BCUT2D eigenvalue weighted by Crippen LogP contribution is 2.35. The van der Waals surface area contributed by atoms with Crippen molar-refractivity contribution in [1.82, 2.24) is 5.32 Å². The van der Waals surface area contributed by atoms with Crippen LogP contribution in [0.25, 0.3) is 0 Å². The lowest BCUT2D eigenvalue weighted by Gasteiger charge is -2.17. The van der Waals surface area contributed by atoms with Crippen molar-refractivity contribution in [2.75, 3.05) is 12.3 Å². The van der Waals surface area contributed by atoms with Gasteiger partial charge in [-0.15, -0.1) is 11.8 Å². The van der Waals surface area contributed by atoms with Crippen molar-refractivity contribution in [1.29, 1.82) is 0 Å². The van der Waals surface area contributed by atoms with E-state index in [0.717, 1.165) is 18.5 Å². The summed E-state index contributed by atoms with van der Waals surface area (Å²) in [5.74, 6) is 2.78. The van der Waals surface area contributed by atoms with E-state index in [4.69, 9.17) is 0 Å². The van der Waals surface area contributed by atoms with Crippen molar-refractivity contribution in [3.8, 4) is 0 Å². The van der Waals surface area contributed by atoms with Gasteiger partial charge in [0.15, 0.2) is 0 Å². The average molecular weight is 277 g/mol. The first kappa shape index (κ1) is 14.9. The molecule has 0 radical (unpaired) electrons. The summed E-state index contributed by atoms with van der Waals surface area (Å²) in [6.07, 6.45) is 4.08. The first-order valence-corrected chi connectivity index (χ1v) is 8.65. The molecule has 1 aromatic rings. The molecule has 1 aromatic carbocycles. The van der Waals surface area contributed by atoms with E-state index in [1.165, 1.54) is 35.5 Å². The number of rotatable bonds is 8. The molecule has 1 N–H and O–H groups in total. The van der Waals surface area contributed by atoms with Crippen molar-refractivity contribution in [3.05, 3.63) is 29.8 Å². The normalized spacial score (nSPS) is 16.8. The van der Waals surface area contributed by atoms with E-state index in [1.54, 1.807) is 0 Å². The molecule has 0 spiro atoms. The van der Waals surface area contributed by atoms with Crippen molar-refractivity contribution in [3.63, 3.8) is 0 Å². The van der Waals surface area contributed by atoms with Gasteiger partial charge in [-0.25, -0.2) is 0 Å². The summed E-state index contributed by atoms with van der Waals surface area (Å²) < 4.78 is 0. The van der Waals surface area contributed by atoms with Crippen LogP contribution >= 0.6 is 11.8 Å². The van der Waals surface area contributed by atoms with Gasteiger partial charge in [-0.1, -0.05) is 32.9 Å². The Morgan fingerprint density at radius 2 is 1.89 bits per heavy atom. The predicted octanol–water partition coefficient (Wildman–Crippen LogP) is 4.68. The summed E-state index contributed by atoms with van der Waals surface area (Å²) >= 11 is 2.01. The second-order valence-electron chi connectivity index (χ2n) is 5.93. The van der Waals surface area contributed by atoms with Gasteiger partial charge in [-0.2, -0.15) is 0 Å². The molecule has 106 valence electrons. The fourth-order valence-electron chi connectivity index (χ4n) is 2.32. The first-order chi connectivity index (χ1) is 9.20. The fourth-order valence-corrected chi connectivity index (χ4v) is 3.42. The fraction of sp³-hybridized carbons (Fsp3) is 0.647. The maximum Gasteiger partial charge on any atom is 0.0189 e. The van der Waals surface area contributed by atoms with Crippen molar-refractivity contribution in [2.45, 2.75) is 56.9 Å². The summed E-state index contributed by atoms with van der Waals surface area (Å²) in [6.45, 7) is 7.91. The Morgan fingerprint density at radius 1 is 1.21 bits per heavy atom. The molecule has 1 unspecified atom stereocenters. The van der Waals surface area contributed by atoms with Crippen LogP contribution in [-0.2, 0) is 0 Å². The molecule has 0 amide bonds. The third-order valence-corrected chi connectivity index (χ3v) is 4.96. The average Bonchev–Trinajstić information content (AvgIpc) is 3.24. The zero-order chi connectivity index (χ0) is 13.7. The van der Waals surface area contributed by atoms with Crippen molar-refractivity contribution in [2.24, 2.45) is 5.92 Å². The Kier molecular flexibility index (Phi) is 5.77. The van der Waals surface area contributed by atoms with E-state index >= 15 is 0 Å². The summed E-state index contributed by atoms with van der Waals surface area (Å²) in [5, 5.41) is 3.71. The highest BCUT2D eigenvalue weighted by atomic mass is 32.2. The largest absolute Gasteiger partial charge is 0.313 e. The lowest BCUT2D eigenvalue weighted by Crippen LogP contribution is -2.33. The first-order valence-electron chi connectivity index (χ1n) is 7.66. The molecule has 1 fully saturated rings. The Hall–Kier alpha value is -0.470. The van der Waals surface area contributed by atoms with Crippen LogP contribution in [0.5, 0.6) is 0 Å². The minimum absolute atomic E-state index is 0.629. The minimum Gasteiger partial charge on any atom is -0.313 e. The van der Waals surface area contributed by atoms with E-state index in [-0.39, 0.29) is 0 Å². The third-order valence-electron chi connectivity index (χ3n) is 3.82. The van der Waals surface area contributed by atoms with Gasteiger partial charge in [0.25, 0.3) is 0 Å². The summed E-state index contributed by atoms with van der Waals surface area (Å²) in [5.41, 5.74) is 1.44. The van der Waals surface area contributed by atoms with Gasteiger partial charge in [0.1, 0.15) is 0 Å². The van der Waals surface area contributed by atoms with Gasteiger partial charge in [0, 0.05) is 16.7 Å². The molecule has 19 heavy (non-hydrogen) atoms. The molecule has 1 nitrogen and oxygen atoms in total. The third kappa shape index (κ3) is 4.85. The van der Waals surface area contributed by atoms with Crippen LogP contribution in [0.1, 0.15) is 51.5 Å². The molecule has 1 atom stereocenters. The molecule has 0 saturated heterocycles. The molecular formula is C17H27NS. The van der Waals surface area contributed by atoms with Crippen LogP contribution in [0.3, 0.4) is 0 Å². The van der Waals surface area contributed by atoms with E-state index in [2.05, 4.69) is 50.4 Å². The van der Waals surface area contributed by atoms with Crippen LogP contribution in [0.4, 0.5) is 0 Å². The van der Waals surface area contributed by atoms with E-state index in [9.17, 15) is 0 Å². The standard InChI is InChI=1S/C17H27NS/c1-4-11-18-17(15-5-6-15)12-19-16-9-7-14(8-10-16)13(2)3/h7-10,13,15,17-18H,4-6,11-12H2,1-3H3. The van der Waals surface area contributed by atoms with Crippen LogP contribution in [-0.4, -0.2) is 18.3 Å². The van der Waals surface area contributed by atoms with Gasteiger partial charge >= 0.3 is 0 Å². The lowest BCUT2D eigenvalue weighted by molar-refractivity contribution is 0.503. The number of nitrogens with one attached hydrogen (secondary N) is 1. The molecular weight excluding hydrogens is 250 g/mol. The molecule has 0 heterocycles. The van der Waals surface area contributed by atoms with E-state index in [0.29, 0.717) is 5.92 Å². The molecule has 1 aliphatic carbocycles. The smallest absolute Gasteiger partial charge is 0.0189 e. The van der Waals surface area contributed by atoms with E-state index in [1.807, 2.05) is 11.8 Å². The quantitative estimate of drug-likeness (QED) is 0.692. The Balaban J connectivity index is 1.82. The van der Waals surface area contributed by atoms with Gasteiger partial charge in [0.2, 0.25) is 0 Å². The minimum atomic E-state index is 0.629. The maximum absolute atomic E-state index is 3.71. The van der Waals surface area contributed by atoms with Gasteiger partial charge in [-0.3, -0.25) is 0 Å². The molecule has 1 saturated carbocycles. The number of benzene rings is 1. The van der Waals surface area contributed by atoms with Gasteiger partial charge in [-0.05, 0) is 55.3 Å². The Morgan fingerprint density at radius 3 is 2.42 bits per heavy atom. The SMILES string of the molecule is CCCNC(CSc1ccc(C(C)C)cc1)C1CC1. The second kappa shape index (κ2) is 7.35. The molecule has 1 aliphatic rings. The predicted molar refractivity (Wildman–Crippen MR) is 86.1 cm³/mol. The van der Waals surface area contributed by atoms with Crippen LogP contribution in [0.2, 0.25) is 0 Å². The highest BCUT2D eigenvalue weighted by Gasteiger charge is 2.30. The molecule has 0 bridgehead atoms. The summed E-state index contributed by atoms with van der Waals surface area (Å²) in [4.78, 5) is 1.41. The molecule has 2 rings (SSSR count). The Labute approximate surface area is 122 Å².